The maximum Gasteiger partial charge on any atom is 0.517 e. The molecule has 150 valence electrons. The third kappa shape index (κ3) is 6.04. The van der Waals surface area contributed by atoms with Gasteiger partial charge in [-0.2, -0.15) is 4.89 Å². The fourth-order valence-corrected chi connectivity index (χ4v) is 4.02. The highest BCUT2D eigenvalue weighted by molar-refractivity contribution is 7.39. The Morgan fingerprint density at radius 1 is 1.33 bits per heavy atom. The molecule has 1 fully saturated rings. The number of rotatable bonds is 10. The standard InChI is InChI=1S/C18H26NO7P/c1-3-24-18(25-4-2)16(27(22)23)15-10-19-13(11-26-15)9-12-7-5-6-8-14(12)17(20)21/h5-8,13,15-16,18-19H,3-4,9-11H2,1-2H3,(H-,20,21,22,23)/p+1/t13-,15-,16?/m1/s1. The largest absolute Gasteiger partial charge is 0.517 e. The second-order valence-corrected chi connectivity index (χ2v) is 7.42. The van der Waals surface area contributed by atoms with Crippen molar-refractivity contribution in [1.82, 2.24) is 5.32 Å². The van der Waals surface area contributed by atoms with E-state index in [9.17, 15) is 19.4 Å². The minimum absolute atomic E-state index is 0.0865. The van der Waals surface area contributed by atoms with Crippen molar-refractivity contribution in [3.05, 3.63) is 35.4 Å². The first-order valence-electron chi connectivity index (χ1n) is 9.02. The molecule has 1 aromatic rings. The molecule has 9 heteroatoms. The maximum atomic E-state index is 11.9. The van der Waals surface area contributed by atoms with Crippen LogP contribution in [0.2, 0.25) is 0 Å². The predicted octanol–water partition coefficient (Wildman–Crippen LogP) is 1.79. The van der Waals surface area contributed by atoms with Gasteiger partial charge in [-0.3, -0.25) is 0 Å². The Hall–Kier alpha value is -1.41. The number of morpholine rings is 1. The van der Waals surface area contributed by atoms with E-state index in [-0.39, 0.29) is 11.6 Å². The lowest BCUT2D eigenvalue weighted by Gasteiger charge is -2.33. The third-order valence-corrected chi connectivity index (χ3v) is 5.50. The van der Waals surface area contributed by atoms with Crippen LogP contribution < -0.4 is 5.32 Å². The summed E-state index contributed by atoms with van der Waals surface area (Å²) in [5.74, 6) is -0.964. The Balaban J connectivity index is 2.00. The summed E-state index contributed by atoms with van der Waals surface area (Å²) in [6.07, 6.45) is -0.858. The number of aromatic carboxylic acids is 1. The van der Waals surface area contributed by atoms with Gasteiger partial charge in [-0.1, -0.05) is 18.2 Å². The quantitative estimate of drug-likeness (QED) is 0.402. The predicted molar refractivity (Wildman–Crippen MR) is 99.3 cm³/mol. The molecule has 0 saturated carbocycles. The van der Waals surface area contributed by atoms with Gasteiger partial charge in [0.25, 0.3) is 5.66 Å². The van der Waals surface area contributed by atoms with Gasteiger partial charge in [0.05, 0.1) is 12.2 Å². The summed E-state index contributed by atoms with van der Waals surface area (Å²) in [6.45, 7) is 4.96. The molecule has 0 aromatic heterocycles. The molecule has 0 aliphatic carbocycles. The van der Waals surface area contributed by atoms with Crippen molar-refractivity contribution >= 4 is 14.0 Å². The first kappa shape index (κ1) is 21.9. The van der Waals surface area contributed by atoms with Crippen molar-refractivity contribution in [1.29, 1.82) is 0 Å². The summed E-state index contributed by atoms with van der Waals surface area (Å²) >= 11 is 0. The Kier molecular flexibility index (Phi) is 8.76. The molecule has 1 aliphatic heterocycles. The van der Waals surface area contributed by atoms with Crippen LogP contribution in [-0.4, -0.2) is 66.4 Å². The van der Waals surface area contributed by atoms with Crippen LogP contribution in [0.1, 0.15) is 29.8 Å². The molecular formula is C18H27NO7P+. The fourth-order valence-electron chi connectivity index (χ4n) is 3.16. The number of benzene rings is 1. The van der Waals surface area contributed by atoms with E-state index < -0.39 is 32.1 Å². The SMILES string of the molecule is CCOC(OCC)C([C@H]1CN[C@H](Cc2ccccc2C(=O)O)CO1)[P+](=O)O. The third-order valence-electron chi connectivity index (χ3n) is 4.41. The molecule has 8 nitrogen and oxygen atoms in total. The van der Waals surface area contributed by atoms with Crippen molar-refractivity contribution in [2.24, 2.45) is 0 Å². The van der Waals surface area contributed by atoms with Gasteiger partial charge in [0, 0.05) is 25.8 Å². The van der Waals surface area contributed by atoms with Crippen molar-refractivity contribution in [3.63, 3.8) is 0 Å². The summed E-state index contributed by atoms with van der Waals surface area (Å²) in [5, 5.41) is 12.6. The van der Waals surface area contributed by atoms with Crippen LogP contribution in [0.5, 0.6) is 0 Å². The summed E-state index contributed by atoms with van der Waals surface area (Å²) in [6, 6.07) is 6.76. The Morgan fingerprint density at radius 3 is 2.52 bits per heavy atom. The monoisotopic (exact) mass is 400 g/mol. The minimum Gasteiger partial charge on any atom is -0.478 e. The molecule has 0 spiro atoms. The van der Waals surface area contributed by atoms with E-state index in [2.05, 4.69) is 5.32 Å². The fraction of sp³-hybridized carbons (Fsp3) is 0.611. The molecule has 0 bridgehead atoms. The molecule has 27 heavy (non-hydrogen) atoms. The molecule has 3 N–H and O–H groups in total. The van der Waals surface area contributed by atoms with Crippen LogP contribution in [0.4, 0.5) is 0 Å². The highest BCUT2D eigenvalue weighted by atomic mass is 31.1. The molecule has 0 amide bonds. The smallest absolute Gasteiger partial charge is 0.478 e. The van der Waals surface area contributed by atoms with Crippen LogP contribution in [0.25, 0.3) is 0 Å². The van der Waals surface area contributed by atoms with Gasteiger partial charge < -0.3 is 24.6 Å². The molecule has 1 aromatic carbocycles. The zero-order chi connectivity index (χ0) is 19.8. The van der Waals surface area contributed by atoms with Crippen LogP contribution >= 0.6 is 8.03 Å². The van der Waals surface area contributed by atoms with Gasteiger partial charge in [0.1, 0.15) is 6.10 Å². The molecule has 1 aliphatic rings. The van der Waals surface area contributed by atoms with E-state index in [1.807, 2.05) is 0 Å². The molecule has 2 unspecified atom stereocenters. The van der Waals surface area contributed by atoms with Crippen molar-refractivity contribution in [2.45, 2.75) is 44.4 Å². The summed E-state index contributed by atoms with van der Waals surface area (Å²) < 4.78 is 28.7. The van der Waals surface area contributed by atoms with Crippen LogP contribution in [0.15, 0.2) is 24.3 Å². The number of nitrogens with one attached hydrogen (secondary N) is 1. The lowest BCUT2D eigenvalue weighted by Crippen LogP contribution is -2.53. The van der Waals surface area contributed by atoms with E-state index in [0.717, 1.165) is 5.56 Å². The molecule has 0 radical (unpaired) electrons. The second kappa shape index (κ2) is 10.8. The van der Waals surface area contributed by atoms with Gasteiger partial charge in [-0.05, 0) is 36.5 Å². The minimum atomic E-state index is -2.57. The number of ether oxygens (including phenoxy) is 3. The Bertz CT molecular complexity index is 628. The summed E-state index contributed by atoms with van der Waals surface area (Å²) in [5.41, 5.74) is 0.181. The van der Waals surface area contributed by atoms with Gasteiger partial charge >= 0.3 is 14.0 Å². The lowest BCUT2D eigenvalue weighted by molar-refractivity contribution is -0.158. The average molecular weight is 400 g/mol. The number of hydrogen-bond acceptors (Lipinski definition) is 6. The topological polar surface area (TPSA) is 114 Å². The van der Waals surface area contributed by atoms with E-state index in [1.54, 1.807) is 38.1 Å². The van der Waals surface area contributed by atoms with Crippen molar-refractivity contribution in [3.8, 4) is 0 Å². The van der Waals surface area contributed by atoms with E-state index in [4.69, 9.17) is 14.2 Å². The molecular weight excluding hydrogens is 373 g/mol. The van der Waals surface area contributed by atoms with Gasteiger partial charge in [0.2, 0.25) is 6.29 Å². The van der Waals surface area contributed by atoms with Gasteiger partial charge in [-0.15, -0.1) is 0 Å². The van der Waals surface area contributed by atoms with Crippen LogP contribution in [0.3, 0.4) is 0 Å². The average Bonchev–Trinajstić information content (AvgIpc) is 2.64. The number of carbonyl (C=O) groups is 1. The van der Waals surface area contributed by atoms with Crippen LogP contribution in [0, 0.1) is 0 Å². The van der Waals surface area contributed by atoms with Crippen molar-refractivity contribution < 1.29 is 33.6 Å². The van der Waals surface area contributed by atoms with Gasteiger partial charge in [-0.25, -0.2) is 4.79 Å². The highest BCUT2D eigenvalue weighted by Gasteiger charge is 2.48. The van der Waals surface area contributed by atoms with E-state index in [1.165, 1.54) is 0 Å². The summed E-state index contributed by atoms with van der Waals surface area (Å²) in [7, 11) is -2.57. The molecule has 4 atom stereocenters. The first-order chi connectivity index (χ1) is 13.0. The van der Waals surface area contributed by atoms with Gasteiger partial charge in [0.15, 0.2) is 0 Å². The van der Waals surface area contributed by atoms with E-state index in [0.29, 0.717) is 32.8 Å². The molecule has 1 saturated heterocycles. The zero-order valence-corrected chi connectivity index (χ0v) is 16.4. The van der Waals surface area contributed by atoms with Crippen LogP contribution in [-0.2, 0) is 25.2 Å². The second-order valence-electron chi connectivity index (χ2n) is 6.22. The Morgan fingerprint density at radius 2 is 2.00 bits per heavy atom. The molecule has 1 heterocycles. The van der Waals surface area contributed by atoms with Crippen molar-refractivity contribution in [2.75, 3.05) is 26.4 Å². The zero-order valence-electron chi connectivity index (χ0n) is 15.5. The normalized spacial score (nSPS) is 21.9. The Labute approximate surface area is 159 Å². The number of carboxylic acids is 1. The maximum absolute atomic E-state index is 11.9. The highest BCUT2D eigenvalue weighted by Crippen LogP contribution is 2.33. The first-order valence-corrected chi connectivity index (χ1v) is 10.3. The number of carboxylic acid groups (broad SMARTS) is 1. The summed E-state index contributed by atoms with van der Waals surface area (Å²) in [4.78, 5) is 21.1. The molecule has 2 rings (SSSR count). The lowest BCUT2D eigenvalue weighted by atomic mass is 9.99. The number of hydrogen-bond donors (Lipinski definition) is 3. The van der Waals surface area contributed by atoms with E-state index >= 15 is 0 Å².